The Hall–Kier alpha value is -2.40. The maximum atomic E-state index is 13.4. The van der Waals surface area contributed by atoms with Gasteiger partial charge in [-0.25, -0.2) is 4.39 Å². The van der Waals surface area contributed by atoms with Crippen LogP contribution in [-0.4, -0.2) is 30.0 Å². The lowest BCUT2D eigenvalue weighted by Gasteiger charge is -2.32. The molecule has 150 valence electrons. The molecule has 0 spiro atoms. The SMILES string of the molecule is Cc1cc(OC(C)C)ccc1NC(=O)C1CCCN(Cc2cccc(F)c2)C1. The highest BCUT2D eigenvalue weighted by Crippen LogP contribution is 2.25. The molecule has 1 saturated heterocycles. The predicted molar refractivity (Wildman–Crippen MR) is 110 cm³/mol. The zero-order chi connectivity index (χ0) is 20.1. The molecule has 3 rings (SSSR count). The third-order valence-corrected chi connectivity index (χ3v) is 5.00. The first-order valence-electron chi connectivity index (χ1n) is 9.95. The second kappa shape index (κ2) is 9.20. The van der Waals surface area contributed by atoms with Gasteiger partial charge in [0.1, 0.15) is 11.6 Å². The Morgan fingerprint density at radius 3 is 2.82 bits per heavy atom. The van der Waals surface area contributed by atoms with E-state index in [-0.39, 0.29) is 23.7 Å². The summed E-state index contributed by atoms with van der Waals surface area (Å²) in [6.07, 6.45) is 1.96. The van der Waals surface area contributed by atoms with Crippen molar-refractivity contribution < 1.29 is 13.9 Å². The molecular formula is C23H29FN2O2. The minimum Gasteiger partial charge on any atom is -0.491 e. The topological polar surface area (TPSA) is 41.6 Å². The van der Waals surface area contributed by atoms with Crippen LogP contribution < -0.4 is 10.1 Å². The number of ether oxygens (including phenoxy) is 1. The van der Waals surface area contributed by atoms with Crippen LogP contribution in [0.15, 0.2) is 42.5 Å². The first kappa shape index (κ1) is 20.3. The quantitative estimate of drug-likeness (QED) is 0.780. The normalized spacial score (nSPS) is 17.5. The van der Waals surface area contributed by atoms with Gasteiger partial charge in [-0.3, -0.25) is 9.69 Å². The van der Waals surface area contributed by atoms with Gasteiger partial charge in [0.05, 0.1) is 12.0 Å². The monoisotopic (exact) mass is 384 g/mol. The van der Waals surface area contributed by atoms with Gasteiger partial charge in [-0.2, -0.15) is 0 Å². The molecule has 0 saturated carbocycles. The third kappa shape index (κ3) is 5.55. The average molecular weight is 384 g/mol. The molecule has 1 aliphatic rings. The highest BCUT2D eigenvalue weighted by molar-refractivity contribution is 5.93. The van der Waals surface area contributed by atoms with Crippen molar-refractivity contribution >= 4 is 11.6 Å². The number of carbonyl (C=O) groups excluding carboxylic acids is 1. The molecular weight excluding hydrogens is 355 g/mol. The van der Waals surface area contributed by atoms with Crippen molar-refractivity contribution in [2.24, 2.45) is 5.92 Å². The molecule has 0 bridgehead atoms. The summed E-state index contributed by atoms with van der Waals surface area (Å²) in [4.78, 5) is 15.0. The van der Waals surface area contributed by atoms with Crippen molar-refractivity contribution in [3.63, 3.8) is 0 Å². The lowest BCUT2D eigenvalue weighted by Crippen LogP contribution is -2.40. The zero-order valence-corrected chi connectivity index (χ0v) is 16.9. The highest BCUT2D eigenvalue weighted by atomic mass is 19.1. The van der Waals surface area contributed by atoms with Crippen molar-refractivity contribution in [2.75, 3.05) is 18.4 Å². The van der Waals surface area contributed by atoms with Crippen LogP contribution in [0, 0.1) is 18.7 Å². The van der Waals surface area contributed by atoms with Gasteiger partial charge in [-0.15, -0.1) is 0 Å². The van der Waals surface area contributed by atoms with Crippen LogP contribution in [0.25, 0.3) is 0 Å². The van der Waals surface area contributed by atoms with E-state index in [0.717, 1.165) is 42.0 Å². The Balaban J connectivity index is 1.59. The van der Waals surface area contributed by atoms with E-state index in [2.05, 4.69) is 10.2 Å². The first-order chi connectivity index (χ1) is 13.4. The molecule has 0 aromatic heterocycles. The fourth-order valence-electron chi connectivity index (χ4n) is 3.66. The molecule has 1 atom stereocenters. The number of amides is 1. The Labute approximate surface area is 166 Å². The van der Waals surface area contributed by atoms with Crippen LogP contribution >= 0.6 is 0 Å². The molecule has 0 radical (unpaired) electrons. The summed E-state index contributed by atoms with van der Waals surface area (Å²) in [6.45, 7) is 8.24. The van der Waals surface area contributed by atoms with Crippen molar-refractivity contribution in [3.8, 4) is 5.75 Å². The number of likely N-dealkylation sites (tertiary alicyclic amines) is 1. The molecule has 1 fully saturated rings. The first-order valence-corrected chi connectivity index (χ1v) is 9.95. The molecule has 5 heteroatoms. The number of carbonyl (C=O) groups is 1. The maximum absolute atomic E-state index is 13.4. The van der Waals surface area contributed by atoms with Crippen LogP contribution in [0.2, 0.25) is 0 Å². The van der Waals surface area contributed by atoms with Gasteiger partial charge < -0.3 is 10.1 Å². The second-order valence-corrected chi connectivity index (χ2v) is 7.84. The van der Waals surface area contributed by atoms with Gasteiger partial charge >= 0.3 is 0 Å². The van der Waals surface area contributed by atoms with E-state index in [1.54, 1.807) is 12.1 Å². The minimum atomic E-state index is -0.218. The van der Waals surface area contributed by atoms with Crippen molar-refractivity contribution in [1.29, 1.82) is 0 Å². The molecule has 28 heavy (non-hydrogen) atoms. The molecule has 1 amide bonds. The minimum absolute atomic E-state index is 0.0459. The maximum Gasteiger partial charge on any atom is 0.228 e. The molecule has 4 nitrogen and oxygen atoms in total. The summed E-state index contributed by atoms with van der Waals surface area (Å²) in [5.41, 5.74) is 2.75. The smallest absolute Gasteiger partial charge is 0.228 e. The van der Waals surface area contributed by atoms with E-state index in [9.17, 15) is 9.18 Å². The van der Waals surface area contributed by atoms with Gasteiger partial charge in [0.2, 0.25) is 5.91 Å². The summed E-state index contributed by atoms with van der Waals surface area (Å²) in [5, 5.41) is 3.07. The number of aryl methyl sites for hydroxylation is 1. The number of piperidine rings is 1. The molecule has 1 unspecified atom stereocenters. The number of benzene rings is 2. The van der Waals surface area contributed by atoms with E-state index in [1.807, 2.05) is 45.0 Å². The van der Waals surface area contributed by atoms with E-state index in [1.165, 1.54) is 6.07 Å². The fraction of sp³-hybridized carbons (Fsp3) is 0.435. The summed E-state index contributed by atoms with van der Waals surface area (Å²) in [6, 6.07) is 12.4. The van der Waals surface area contributed by atoms with Crippen LogP contribution in [-0.2, 0) is 11.3 Å². The number of hydrogen-bond donors (Lipinski definition) is 1. The Bertz CT molecular complexity index is 822. The standard InChI is InChI=1S/C23H29FN2O2/c1-16(2)28-21-9-10-22(17(3)12-21)25-23(27)19-7-5-11-26(15-19)14-18-6-4-8-20(24)13-18/h4,6,8-10,12-13,16,19H,5,7,11,14-15H2,1-3H3,(H,25,27). The van der Waals surface area contributed by atoms with Crippen LogP contribution in [0.1, 0.15) is 37.8 Å². The van der Waals surface area contributed by atoms with Gasteiger partial charge in [0, 0.05) is 18.8 Å². The number of rotatable bonds is 6. The number of anilines is 1. The molecule has 1 aliphatic heterocycles. The van der Waals surface area contributed by atoms with Crippen molar-refractivity contribution in [3.05, 3.63) is 59.4 Å². The summed E-state index contributed by atoms with van der Waals surface area (Å²) in [5.74, 6) is 0.575. The van der Waals surface area contributed by atoms with Crippen LogP contribution in [0.3, 0.4) is 0 Å². The number of nitrogens with one attached hydrogen (secondary N) is 1. The van der Waals surface area contributed by atoms with Gasteiger partial charge in [-0.1, -0.05) is 12.1 Å². The molecule has 2 aromatic carbocycles. The van der Waals surface area contributed by atoms with Gasteiger partial charge in [-0.05, 0) is 81.6 Å². The summed E-state index contributed by atoms with van der Waals surface area (Å²) >= 11 is 0. The van der Waals surface area contributed by atoms with Gasteiger partial charge in [0.25, 0.3) is 0 Å². The largest absolute Gasteiger partial charge is 0.491 e. The fourth-order valence-corrected chi connectivity index (χ4v) is 3.66. The van der Waals surface area contributed by atoms with Crippen molar-refractivity contribution in [2.45, 2.75) is 46.3 Å². The van der Waals surface area contributed by atoms with Gasteiger partial charge in [0.15, 0.2) is 0 Å². The molecule has 1 heterocycles. The summed E-state index contributed by atoms with van der Waals surface area (Å²) < 4.78 is 19.1. The van der Waals surface area contributed by atoms with E-state index in [4.69, 9.17) is 4.74 Å². The highest BCUT2D eigenvalue weighted by Gasteiger charge is 2.26. The third-order valence-electron chi connectivity index (χ3n) is 5.00. The number of halogens is 1. The lowest BCUT2D eigenvalue weighted by atomic mass is 9.96. The lowest BCUT2D eigenvalue weighted by molar-refractivity contribution is -0.121. The summed E-state index contributed by atoms with van der Waals surface area (Å²) in [7, 11) is 0. The molecule has 0 aliphatic carbocycles. The van der Waals surface area contributed by atoms with E-state index >= 15 is 0 Å². The Morgan fingerprint density at radius 1 is 1.29 bits per heavy atom. The van der Waals surface area contributed by atoms with E-state index in [0.29, 0.717) is 13.1 Å². The number of hydrogen-bond acceptors (Lipinski definition) is 3. The van der Waals surface area contributed by atoms with Crippen LogP contribution in [0.5, 0.6) is 5.75 Å². The predicted octanol–water partition coefficient (Wildman–Crippen LogP) is 4.77. The second-order valence-electron chi connectivity index (χ2n) is 7.84. The van der Waals surface area contributed by atoms with Crippen molar-refractivity contribution in [1.82, 2.24) is 4.90 Å². The molecule has 1 N–H and O–H groups in total. The molecule has 2 aromatic rings. The zero-order valence-electron chi connectivity index (χ0n) is 16.9. The average Bonchev–Trinajstić information content (AvgIpc) is 2.63. The Morgan fingerprint density at radius 2 is 2.11 bits per heavy atom. The Kier molecular flexibility index (Phi) is 6.68. The number of nitrogens with zero attached hydrogens (tertiary/aromatic N) is 1. The van der Waals surface area contributed by atoms with E-state index < -0.39 is 0 Å². The van der Waals surface area contributed by atoms with Crippen LogP contribution in [0.4, 0.5) is 10.1 Å².